The van der Waals surface area contributed by atoms with Gasteiger partial charge in [-0.15, -0.1) is 11.3 Å². The number of rotatable bonds is 6. The molecule has 1 aromatic carbocycles. The Hall–Kier alpha value is -2.42. The summed E-state index contributed by atoms with van der Waals surface area (Å²) >= 11 is 1.87. The van der Waals surface area contributed by atoms with Crippen molar-refractivity contribution in [1.29, 1.82) is 0 Å². The second-order valence-electron chi connectivity index (χ2n) is 9.56. The first-order valence-electron chi connectivity index (χ1n) is 12.5. The highest BCUT2D eigenvalue weighted by Crippen LogP contribution is 2.40. The van der Waals surface area contributed by atoms with E-state index in [-0.39, 0.29) is 0 Å². The molecule has 0 bridgehead atoms. The summed E-state index contributed by atoms with van der Waals surface area (Å²) in [6.45, 7) is 8.62. The standard InChI is InChI=1S/C26H32N4O3S/c1-17-2-4-19-22(14-17)34-26-24(19)25(28-23(29-26)16-30-8-10-31-11-9-30)27-7-6-18-3-5-20-21(15-18)33-13-12-32-20/h3,5,15,17H,2,4,6-14,16H2,1H3,(H,27,28,29). The Morgan fingerprint density at radius 3 is 2.82 bits per heavy atom. The summed E-state index contributed by atoms with van der Waals surface area (Å²) in [5, 5.41) is 4.93. The zero-order valence-corrected chi connectivity index (χ0v) is 20.6. The number of fused-ring (bicyclic) bond motifs is 4. The summed E-state index contributed by atoms with van der Waals surface area (Å²) in [6, 6.07) is 6.25. The van der Waals surface area contributed by atoms with Crippen molar-refractivity contribution >= 4 is 27.4 Å². The van der Waals surface area contributed by atoms with Gasteiger partial charge in [-0.25, -0.2) is 9.97 Å². The van der Waals surface area contributed by atoms with E-state index < -0.39 is 0 Å². The third kappa shape index (κ3) is 4.59. The Morgan fingerprint density at radius 2 is 1.94 bits per heavy atom. The average Bonchev–Trinajstić information content (AvgIpc) is 3.22. The number of hydrogen-bond acceptors (Lipinski definition) is 8. The second kappa shape index (κ2) is 9.68. The number of benzene rings is 1. The highest BCUT2D eigenvalue weighted by atomic mass is 32.1. The van der Waals surface area contributed by atoms with E-state index in [1.165, 1.54) is 27.8 Å². The highest BCUT2D eigenvalue weighted by Gasteiger charge is 2.24. The van der Waals surface area contributed by atoms with Gasteiger partial charge >= 0.3 is 0 Å². The molecule has 4 heterocycles. The van der Waals surface area contributed by atoms with Crippen LogP contribution in [0.3, 0.4) is 0 Å². The Bertz CT molecular complexity index is 1170. The fourth-order valence-corrected chi connectivity index (χ4v) is 6.51. The normalized spacial score (nSPS) is 20.3. The number of anilines is 1. The van der Waals surface area contributed by atoms with Crippen molar-refractivity contribution < 1.29 is 14.2 Å². The molecule has 0 spiro atoms. The molecular formula is C26H32N4O3S. The minimum atomic E-state index is 0.613. The summed E-state index contributed by atoms with van der Waals surface area (Å²) < 4.78 is 16.9. The number of morpholine rings is 1. The van der Waals surface area contributed by atoms with Gasteiger partial charge in [-0.1, -0.05) is 13.0 Å². The van der Waals surface area contributed by atoms with Crippen molar-refractivity contribution in [2.75, 3.05) is 51.4 Å². The summed E-state index contributed by atoms with van der Waals surface area (Å²) in [4.78, 5) is 15.1. The van der Waals surface area contributed by atoms with E-state index in [2.05, 4.69) is 29.3 Å². The minimum Gasteiger partial charge on any atom is -0.486 e. The number of nitrogens with one attached hydrogen (secondary N) is 1. The Labute approximate surface area is 204 Å². The molecule has 3 aromatic rings. The smallest absolute Gasteiger partial charge is 0.161 e. The predicted molar refractivity (Wildman–Crippen MR) is 134 cm³/mol. The lowest BCUT2D eigenvalue weighted by atomic mass is 9.89. The third-order valence-electron chi connectivity index (χ3n) is 6.98. The van der Waals surface area contributed by atoms with Crippen LogP contribution in [0.2, 0.25) is 0 Å². The van der Waals surface area contributed by atoms with E-state index in [1.54, 1.807) is 0 Å². The SMILES string of the molecule is CC1CCc2c(sc3nc(CN4CCOCC4)nc(NCCc4ccc5c(c4)OCCO5)c23)C1. The topological polar surface area (TPSA) is 68.7 Å². The van der Waals surface area contributed by atoms with Gasteiger partial charge in [0.2, 0.25) is 0 Å². The van der Waals surface area contributed by atoms with Gasteiger partial charge in [-0.3, -0.25) is 4.90 Å². The minimum absolute atomic E-state index is 0.613. The number of aromatic nitrogens is 2. The number of nitrogens with zero attached hydrogens (tertiary/aromatic N) is 3. The van der Waals surface area contributed by atoms with Crippen LogP contribution >= 0.6 is 11.3 Å². The molecular weight excluding hydrogens is 448 g/mol. The predicted octanol–water partition coefficient (Wildman–Crippen LogP) is 4.07. The molecule has 180 valence electrons. The molecule has 1 unspecified atom stereocenters. The number of ether oxygens (including phenoxy) is 3. The Kier molecular flexibility index (Phi) is 6.28. The van der Waals surface area contributed by atoms with E-state index in [0.717, 1.165) is 92.5 Å². The molecule has 1 fully saturated rings. The van der Waals surface area contributed by atoms with Crippen LogP contribution in [0.15, 0.2) is 18.2 Å². The van der Waals surface area contributed by atoms with E-state index in [4.69, 9.17) is 24.2 Å². The third-order valence-corrected chi connectivity index (χ3v) is 8.13. The van der Waals surface area contributed by atoms with E-state index in [9.17, 15) is 0 Å². The quantitative estimate of drug-likeness (QED) is 0.570. The van der Waals surface area contributed by atoms with Gasteiger partial charge in [0.25, 0.3) is 0 Å². The fraction of sp³-hybridized carbons (Fsp3) is 0.538. The Morgan fingerprint density at radius 1 is 1.09 bits per heavy atom. The maximum Gasteiger partial charge on any atom is 0.161 e. The lowest BCUT2D eigenvalue weighted by molar-refractivity contribution is 0.0331. The molecule has 8 heteroatoms. The van der Waals surface area contributed by atoms with Crippen LogP contribution < -0.4 is 14.8 Å². The van der Waals surface area contributed by atoms with Crippen LogP contribution in [0.25, 0.3) is 10.2 Å². The Balaban J connectivity index is 1.25. The fourth-order valence-electron chi connectivity index (χ4n) is 5.11. The summed E-state index contributed by atoms with van der Waals surface area (Å²) in [6.07, 6.45) is 4.42. The van der Waals surface area contributed by atoms with Gasteiger partial charge in [-0.2, -0.15) is 0 Å². The van der Waals surface area contributed by atoms with Crippen molar-refractivity contribution in [3.8, 4) is 11.5 Å². The van der Waals surface area contributed by atoms with Crippen LogP contribution in [-0.2, 0) is 30.5 Å². The van der Waals surface area contributed by atoms with Crippen LogP contribution in [0.4, 0.5) is 5.82 Å². The first-order chi connectivity index (χ1) is 16.7. The maximum absolute atomic E-state index is 5.76. The van der Waals surface area contributed by atoms with Gasteiger partial charge in [0.05, 0.1) is 25.1 Å². The number of thiophene rings is 1. The zero-order chi connectivity index (χ0) is 22.9. The van der Waals surface area contributed by atoms with Crippen molar-refractivity contribution in [2.24, 2.45) is 5.92 Å². The van der Waals surface area contributed by atoms with Crippen molar-refractivity contribution in [2.45, 2.75) is 39.2 Å². The molecule has 1 atom stereocenters. The van der Waals surface area contributed by atoms with Crippen molar-refractivity contribution in [3.05, 3.63) is 40.0 Å². The van der Waals surface area contributed by atoms with Crippen LogP contribution in [0.5, 0.6) is 11.5 Å². The monoisotopic (exact) mass is 480 g/mol. The molecule has 1 saturated heterocycles. The lowest BCUT2D eigenvalue weighted by Gasteiger charge is -2.26. The molecule has 0 radical (unpaired) electrons. The summed E-state index contributed by atoms with van der Waals surface area (Å²) in [5.41, 5.74) is 2.70. The molecule has 7 nitrogen and oxygen atoms in total. The molecule has 2 aromatic heterocycles. The van der Waals surface area contributed by atoms with Crippen LogP contribution in [0, 0.1) is 5.92 Å². The largest absolute Gasteiger partial charge is 0.486 e. The summed E-state index contributed by atoms with van der Waals surface area (Å²) in [5.74, 6) is 4.34. The van der Waals surface area contributed by atoms with Crippen molar-refractivity contribution in [3.63, 3.8) is 0 Å². The molecule has 1 N–H and O–H groups in total. The molecule has 6 rings (SSSR count). The van der Waals surface area contributed by atoms with Gasteiger partial charge in [0, 0.05) is 24.5 Å². The molecule has 34 heavy (non-hydrogen) atoms. The van der Waals surface area contributed by atoms with Crippen LogP contribution in [-0.4, -0.2) is 60.9 Å². The molecule has 1 aliphatic carbocycles. The van der Waals surface area contributed by atoms with Crippen molar-refractivity contribution in [1.82, 2.24) is 14.9 Å². The summed E-state index contributed by atoms with van der Waals surface area (Å²) in [7, 11) is 0. The van der Waals surface area contributed by atoms with Gasteiger partial charge in [0.1, 0.15) is 29.7 Å². The lowest BCUT2D eigenvalue weighted by Crippen LogP contribution is -2.36. The van der Waals surface area contributed by atoms with E-state index in [1.807, 2.05) is 17.4 Å². The van der Waals surface area contributed by atoms with E-state index >= 15 is 0 Å². The van der Waals surface area contributed by atoms with Crippen LogP contribution in [0.1, 0.15) is 35.2 Å². The van der Waals surface area contributed by atoms with E-state index in [0.29, 0.717) is 13.2 Å². The van der Waals surface area contributed by atoms with Gasteiger partial charge in [0.15, 0.2) is 11.5 Å². The number of aryl methyl sites for hydroxylation is 1. The molecule has 0 saturated carbocycles. The van der Waals surface area contributed by atoms with Gasteiger partial charge in [-0.05, 0) is 54.9 Å². The zero-order valence-electron chi connectivity index (χ0n) is 19.8. The first-order valence-corrected chi connectivity index (χ1v) is 13.3. The maximum atomic E-state index is 5.76. The first kappa shape index (κ1) is 22.1. The molecule has 0 amide bonds. The van der Waals surface area contributed by atoms with Gasteiger partial charge < -0.3 is 19.5 Å². The number of hydrogen-bond donors (Lipinski definition) is 1. The second-order valence-corrected chi connectivity index (χ2v) is 10.6. The molecule has 3 aliphatic rings. The molecule has 2 aliphatic heterocycles. The highest BCUT2D eigenvalue weighted by molar-refractivity contribution is 7.19. The average molecular weight is 481 g/mol.